The first kappa shape index (κ1) is 24.5. The predicted molar refractivity (Wildman–Crippen MR) is 136 cm³/mol. The van der Waals surface area contributed by atoms with Crippen molar-refractivity contribution in [1.29, 1.82) is 0 Å². The molecular formula is C26H29N5O3S. The van der Waals surface area contributed by atoms with Gasteiger partial charge in [-0.2, -0.15) is 5.10 Å². The molecule has 3 aromatic rings. The minimum Gasteiger partial charge on any atom is -0.497 e. The third kappa shape index (κ3) is 6.30. The molecule has 1 aromatic heterocycles. The number of nitrogens with zero attached hydrogens (tertiary/aromatic N) is 4. The Morgan fingerprint density at radius 1 is 1.09 bits per heavy atom. The molecule has 9 heteroatoms. The van der Waals surface area contributed by atoms with Crippen LogP contribution in [0.25, 0.3) is 0 Å². The third-order valence-electron chi connectivity index (χ3n) is 5.64. The van der Waals surface area contributed by atoms with E-state index in [1.54, 1.807) is 7.11 Å². The van der Waals surface area contributed by atoms with Gasteiger partial charge in [0.1, 0.15) is 10.8 Å². The van der Waals surface area contributed by atoms with Crippen LogP contribution in [0.4, 0.5) is 5.13 Å². The van der Waals surface area contributed by atoms with E-state index in [4.69, 9.17) is 4.74 Å². The molecule has 0 aliphatic carbocycles. The van der Waals surface area contributed by atoms with Gasteiger partial charge < -0.3 is 10.1 Å². The van der Waals surface area contributed by atoms with Crippen LogP contribution in [0, 0.1) is 5.92 Å². The van der Waals surface area contributed by atoms with Gasteiger partial charge in [-0.15, -0.1) is 10.2 Å². The monoisotopic (exact) mass is 491 g/mol. The molecule has 0 saturated carbocycles. The van der Waals surface area contributed by atoms with Crippen molar-refractivity contribution in [3.05, 3.63) is 70.7 Å². The second-order valence-corrected chi connectivity index (χ2v) is 9.85. The molecule has 0 fully saturated rings. The Morgan fingerprint density at radius 3 is 2.51 bits per heavy atom. The number of carbonyl (C=O) groups excluding carboxylic acids is 2. The summed E-state index contributed by atoms with van der Waals surface area (Å²) in [5, 5.41) is 18.4. The molecule has 2 amide bonds. The normalized spacial score (nSPS) is 15.3. The van der Waals surface area contributed by atoms with Gasteiger partial charge in [0.15, 0.2) is 0 Å². The number of benzene rings is 2. The average molecular weight is 492 g/mol. The fraction of sp³-hybridized carbons (Fsp3) is 0.346. The van der Waals surface area contributed by atoms with Gasteiger partial charge >= 0.3 is 0 Å². The van der Waals surface area contributed by atoms with Crippen molar-refractivity contribution in [2.75, 3.05) is 12.4 Å². The smallest absolute Gasteiger partial charge is 0.243 e. The number of aromatic nitrogens is 2. The molecule has 1 aliphatic heterocycles. The Kier molecular flexibility index (Phi) is 7.87. The first-order chi connectivity index (χ1) is 16.9. The minimum absolute atomic E-state index is 0.0416. The first-order valence-electron chi connectivity index (χ1n) is 11.6. The molecule has 2 heterocycles. The predicted octanol–water partition coefficient (Wildman–Crippen LogP) is 4.84. The lowest BCUT2D eigenvalue weighted by Crippen LogP contribution is -2.28. The first-order valence-corrected chi connectivity index (χ1v) is 12.5. The third-order valence-corrected chi connectivity index (χ3v) is 6.50. The quantitative estimate of drug-likeness (QED) is 0.462. The SMILES string of the molecule is COc1ccc(C2CC(c3ccccc3)=NN2C(=O)CCC(=O)Nc2nnc(CC(C)C)s2)cc1. The van der Waals surface area contributed by atoms with E-state index in [1.165, 1.54) is 16.3 Å². The number of ether oxygens (including phenoxy) is 1. The summed E-state index contributed by atoms with van der Waals surface area (Å²) >= 11 is 1.37. The largest absolute Gasteiger partial charge is 0.497 e. The number of hydrogen-bond donors (Lipinski definition) is 1. The fourth-order valence-corrected chi connectivity index (χ4v) is 4.85. The number of rotatable bonds is 9. The summed E-state index contributed by atoms with van der Waals surface area (Å²) in [6, 6.07) is 17.2. The summed E-state index contributed by atoms with van der Waals surface area (Å²) in [6.07, 6.45) is 1.49. The molecule has 0 spiro atoms. The Labute approximate surface area is 209 Å². The van der Waals surface area contributed by atoms with Crippen LogP contribution in [0.3, 0.4) is 0 Å². The van der Waals surface area contributed by atoms with E-state index in [1.807, 2.05) is 54.6 Å². The Morgan fingerprint density at radius 2 is 1.83 bits per heavy atom. The van der Waals surface area contributed by atoms with E-state index in [2.05, 4.69) is 34.5 Å². The highest BCUT2D eigenvalue weighted by molar-refractivity contribution is 7.15. The maximum atomic E-state index is 13.2. The van der Waals surface area contributed by atoms with Crippen LogP contribution in [0.1, 0.15) is 55.3 Å². The van der Waals surface area contributed by atoms with Gasteiger partial charge in [0.05, 0.1) is 18.9 Å². The Hall–Kier alpha value is -3.59. The highest BCUT2D eigenvalue weighted by Gasteiger charge is 2.33. The van der Waals surface area contributed by atoms with Crippen molar-refractivity contribution in [2.24, 2.45) is 11.0 Å². The van der Waals surface area contributed by atoms with Gasteiger partial charge in [0, 0.05) is 25.7 Å². The lowest BCUT2D eigenvalue weighted by molar-refractivity contribution is -0.134. The molecule has 4 rings (SSSR count). The zero-order valence-corrected chi connectivity index (χ0v) is 20.9. The van der Waals surface area contributed by atoms with Crippen molar-refractivity contribution < 1.29 is 14.3 Å². The zero-order chi connectivity index (χ0) is 24.8. The molecule has 1 unspecified atom stereocenters. The Balaban J connectivity index is 1.43. The summed E-state index contributed by atoms with van der Waals surface area (Å²) in [6.45, 7) is 4.21. The van der Waals surface area contributed by atoms with Crippen LogP contribution >= 0.6 is 11.3 Å². The second kappa shape index (κ2) is 11.2. The highest BCUT2D eigenvalue weighted by Crippen LogP contribution is 2.34. The molecule has 0 bridgehead atoms. The molecule has 1 atom stereocenters. The van der Waals surface area contributed by atoms with Crippen LogP contribution < -0.4 is 10.1 Å². The number of hydrazone groups is 1. The number of nitrogens with one attached hydrogen (secondary N) is 1. The van der Waals surface area contributed by atoms with Crippen LogP contribution in [0.5, 0.6) is 5.75 Å². The van der Waals surface area contributed by atoms with Crippen molar-refractivity contribution in [2.45, 2.75) is 45.6 Å². The van der Waals surface area contributed by atoms with E-state index in [0.29, 0.717) is 17.5 Å². The maximum Gasteiger partial charge on any atom is 0.243 e. The standard InChI is InChI=1S/C26H29N5O3S/c1-17(2)15-24-28-29-26(35-24)27-23(32)13-14-25(33)31-22(19-9-11-20(34-3)12-10-19)16-21(30-31)18-7-5-4-6-8-18/h4-12,17,22H,13-16H2,1-3H3,(H,27,29,32). The van der Waals surface area contributed by atoms with Crippen molar-refractivity contribution >= 4 is 34.0 Å². The molecular weight excluding hydrogens is 462 g/mol. The summed E-state index contributed by atoms with van der Waals surface area (Å²) in [7, 11) is 1.62. The molecule has 0 radical (unpaired) electrons. The van der Waals surface area contributed by atoms with Crippen LogP contribution in [0.2, 0.25) is 0 Å². The van der Waals surface area contributed by atoms with E-state index in [-0.39, 0.29) is 30.7 Å². The van der Waals surface area contributed by atoms with Gasteiger partial charge in [-0.3, -0.25) is 9.59 Å². The summed E-state index contributed by atoms with van der Waals surface area (Å²) in [5.74, 6) is 0.742. The van der Waals surface area contributed by atoms with Crippen molar-refractivity contribution in [3.8, 4) is 5.75 Å². The summed E-state index contributed by atoms with van der Waals surface area (Å²) < 4.78 is 5.27. The number of amides is 2. The Bertz CT molecular complexity index is 1190. The topological polar surface area (TPSA) is 96.8 Å². The molecule has 1 N–H and O–H groups in total. The van der Waals surface area contributed by atoms with Crippen LogP contribution in [-0.2, 0) is 16.0 Å². The lowest BCUT2D eigenvalue weighted by Gasteiger charge is -2.22. The number of hydrogen-bond acceptors (Lipinski definition) is 7. The molecule has 35 heavy (non-hydrogen) atoms. The maximum absolute atomic E-state index is 13.2. The zero-order valence-electron chi connectivity index (χ0n) is 20.1. The fourth-order valence-electron chi connectivity index (χ4n) is 3.88. The molecule has 8 nitrogen and oxygen atoms in total. The summed E-state index contributed by atoms with van der Waals surface area (Å²) in [5.41, 5.74) is 2.79. The van der Waals surface area contributed by atoms with Gasteiger partial charge in [-0.1, -0.05) is 67.6 Å². The van der Waals surface area contributed by atoms with E-state index in [0.717, 1.165) is 34.0 Å². The molecule has 0 saturated heterocycles. The number of carbonyl (C=O) groups is 2. The number of anilines is 1. The van der Waals surface area contributed by atoms with E-state index >= 15 is 0 Å². The van der Waals surface area contributed by atoms with Gasteiger partial charge in [-0.25, -0.2) is 5.01 Å². The van der Waals surface area contributed by atoms with Crippen LogP contribution in [-0.4, -0.2) is 39.8 Å². The lowest BCUT2D eigenvalue weighted by atomic mass is 9.98. The molecule has 1 aliphatic rings. The average Bonchev–Trinajstić information content (AvgIpc) is 3.50. The van der Waals surface area contributed by atoms with Gasteiger partial charge in [0.25, 0.3) is 0 Å². The van der Waals surface area contributed by atoms with Crippen molar-refractivity contribution in [3.63, 3.8) is 0 Å². The highest BCUT2D eigenvalue weighted by atomic mass is 32.1. The molecule has 2 aromatic carbocycles. The minimum atomic E-state index is -0.266. The number of methoxy groups -OCH3 is 1. The van der Waals surface area contributed by atoms with Gasteiger partial charge in [0.2, 0.25) is 16.9 Å². The van der Waals surface area contributed by atoms with E-state index < -0.39 is 0 Å². The van der Waals surface area contributed by atoms with Crippen molar-refractivity contribution in [1.82, 2.24) is 15.2 Å². The molecule has 182 valence electrons. The second-order valence-electron chi connectivity index (χ2n) is 8.79. The van der Waals surface area contributed by atoms with E-state index in [9.17, 15) is 9.59 Å². The van der Waals surface area contributed by atoms with Crippen LogP contribution in [0.15, 0.2) is 59.7 Å². The van der Waals surface area contributed by atoms with Gasteiger partial charge in [-0.05, 0) is 29.2 Å². The summed E-state index contributed by atoms with van der Waals surface area (Å²) in [4.78, 5) is 25.7.